The average Bonchev–Trinajstić information content (AvgIpc) is 3.04. The van der Waals surface area contributed by atoms with Crippen LogP contribution in [0, 0.1) is 0 Å². The Kier molecular flexibility index (Phi) is 4.05. The van der Waals surface area contributed by atoms with Crippen molar-refractivity contribution < 1.29 is 8.42 Å². The number of sulfonamides is 1. The van der Waals surface area contributed by atoms with Crippen LogP contribution >= 0.6 is 0 Å². The van der Waals surface area contributed by atoms with E-state index in [1.54, 1.807) is 0 Å². The van der Waals surface area contributed by atoms with Crippen LogP contribution in [0.4, 0.5) is 0 Å². The van der Waals surface area contributed by atoms with Gasteiger partial charge in [0.05, 0.1) is 12.5 Å². The summed E-state index contributed by atoms with van der Waals surface area (Å²) in [6, 6.07) is 10.2. The number of hydrogen-bond donors (Lipinski definition) is 1. The van der Waals surface area contributed by atoms with Crippen LogP contribution in [-0.4, -0.2) is 53.8 Å². The second-order valence-electron chi connectivity index (χ2n) is 5.08. The fraction of sp³-hybridized carbons (Fsp3) is 0.357. The predicted molar refractivity (Wildman–Crippen MR) is 79.1 cm³/mol. The molecular weight excluding hydrogens is 288 g/mol. The zero-order valence-electron chi connectivity index (χ0n) is 11.6. The minimum atomic E-state index is -3.43. The van der Waals surface area contributed by atoms with Crippen LogP contribution in [0.15, 0.2) is 47.9 Å². The number of H-pyrrole nitrogens is 1. The molecule has 0 atom stereocenters. The fourth-order valence-corrected chi connectivity index (χ4v) is 3.81. The molecule has 7 heteroatoms. The zero-order chi connectivity index (χ0) is 14.7. The second-order valence-corrected chi connectivity index (χ2v) is 6.99. The molecule has 0 unspecified atom stereocenters. The summed E-state index contributed by atoms with van der Waals surface area (Å²) >= 11 is 0. The highest BCUT2D eigenvalue weighted by atomic mass is 32.2. The number of benzene rings is 1. The van der Waals surface area contributed by atoms with Crippen LogP contribution in [0.1, 0.15) is 5.56 Å². The molecule has 2 heterocycles. The van der Waals surface area contributed by atoms with Crippen molar-refractivity contribution in [3.63, 3.8) is 0 Å². The average molecular weight is 306 g/mol. The minimum absolute atomic E-state index is 0.166. The topological polar surface area (TPSA) is 69.3 Å². The molecule has 21 heavy (non-hydrogen) atoms. The minimum Gasteiger partial charge on any atom is -0.335 e. The number of piperazine rings is 1. The van der Waals surface area contributed by atoms with Gasteiger partial charge in [-0.25, -0.2) is 13.4 Å². The quantitative estimate of drug-likeness (QED) is 0.912. The third kappa shape index (κ3) is 3.15. The molecule has 0 radical (unpaired) electrons. The van der Waals surface area contributed by atoms with Gasteiger partial charge >= 0.3 is 0 Å². The lowest BCUT2D eigenvalue weighted by atomic mass is 10.2. The Morgan fingerprint density at radius 3 is 2.43 bits per heavy atom. The molecule has 1 N–H and O–H groups in total. The Morgan fingerprint density at radius 2 is 1.81 bits per heavy atom. The summed E-state index contributed by atoms with van der Waals surface area (Å²) in [5.41, 5.74) is 1.25. The maximum Gasteiger partial charge on any atom is 0.260 e. The second kappa shape index (κ2) is 5.97. The summed E-state index contributed by atoms with van der Waals surface area (Å²) < 4.78 is 26.2. The molecule has 1 aliphatic rings. The highest BCUT2D eigenvalue weighted by Crippen LogP contribution is 2.16. The van der Waals surface area contributed by atoms with Gasteiger partial charge in [0.15, 0.2) is 5.03 Å². The first-order valence-electron chi connectivity index (χ1n) is 6.91. The Morgan fingerprint density at radius 1 is 1.10 bits per heavy atom. The molecule has 0 amide bonds. The van der Waals surface area contributed by atoms with Crippen LogP contribution < -0.4 is 0 Å². The van der Waals surface area contributed by atoms with Gasteiger partial charge in [-0.2, -0.15) is 4.31 Å². The lowest BCUT2D eigenvalue weighted by molar-refractivity contribution is 0.181. The molecule has 0 bridgehead atoms. The number of aromatic amines is 1. The van der Waals surface area contributed by atoms with Crippen LogP contribution in [0.3, 0.4) is 0 Å². The largest absolute Gasteiger partial charge is 0.335 e. The highest BCUT2D eigenvalue weighted by molar-refractivity contribution is 7.89. The van der Waals surface area contributed by atoms with Gasteiger partial charge in [-0.05, 0) is 5.56 Å². The van der Waals surface area contributed by atoms with Crippen molar-refractivity contribution in [1.29, 1.82) is 0 Å². The third-order valence-electron chi connectivity index (χ3n) is 3.67. The smallest absolute Gasteiger partial charge is 0.260 e. The number of imidazole rings is 1. The van der Waals surface area contributed by atoms with E-state index in [0.717, 1.165) is 19.6 Å². The molecule has 1 fully saturated rings. The number of hydrogen-bond acceptors (Lipinski definition) is 4. The Balaban J connectivity index is 1.61. The van der Waals surface area contributed by atoms with Crippen molar-refractivity contribution in [3.05, 3.63) is 48.4 Å². The molecule has 3 rings (SSSR count). The van der Waals surface area contributed by atoms with Gasteiger partial charge < -0.3 is 4.98 Å². The van der Waals surface area contributed by atoms with Gasteiger partial charge in [0.1, 0.15) is 0 Å². The first-order valence-corrected chi connectivity index (χ1v) is 8.35. The molecule has 1 saturated heterocycles. The monoisotopic (exact) mass is 306 g/mol. The molecule has 1 aromatic heterocycles. The molecular formula is C14H18N4O2S. The van der Waals surface area contributed by atoms with E-state index in [-0.39, 0.29) is 5.03 Å². The molecule has 0 spiro atoms. The zero-order valence-corrected chi connectivity index (χ0v) is 12.5. The summed E-state index contributed by atoms with van der Waals surface area (Å²) in [6.07, 6.45) is 2.74. The van der Waals surface area contributed by atoms with Gasteiger partial charge in [-0.1, -0.05) is 30.3 Å². The lowest BCUT2D eigenvalue weighted by Gasteiger charge is -2.33. The highest BCUT2D eigenvalue weighted by Gasteiger charge is 2.29. The third-order valence-corrected chi connectivity index (χ3v) is 5.50. The SMILES string of the molecule is O=S(=O)(c1cnc[nH]1)N1CCN(Cc2ccccc2)CC1. The first kappa shape index (κ1) is 14.2. The normalized spacial score (nSPS) is 17.9. The van der Waals surface area contributed by atoms with Crippen molar-refractivity contribution in [2.45, 2.75) is 11.6 Å². The van der Waals surface area contributed by atoms with Crippen molar-refractivity contribution in [1.82, 2.24) is 19.2 Å². The maximum absolute atomic E-state index is 12.3. The Bertz CT molecular complexity index is 662. The summed E-state index contributed by atoms with van der Waals surface area (Å²) in [7, 11) is -3.43. The van der Waals surface area contributed by atoms with Crippen molar-refractivity contribution in [2.24, 2.45) is 0 Å². The van der Waals surface area contributed by atoms with Crippen LogP contribution in [0.5, 0.6) is 0 Å². The summed E-state index contributed by atoms with van der Waals surface area (Å²) in [5, 5.41) is 0.166. The van der Waals surface area contributed by atoms with Gasteiger partial charge in [-0.15, -0.1) is 0 Å². The number of aromatic nitrogens is 2. The maximum atomic E-state index is 12.3. The van der Waals surface area contributed by atoms with Crippen LogP contribution in [-0.2, 0) is 16.6 Å². The molecule has 112 valence electrons. The molecule has 1 aromatic carbocycles. The number of nitrogens with zero attached hydrogens (tertiary/aromatic N) is 3. The van der Waals surface area contributed by atoms with E-state index in [1.807, 2.05) is 18.2 Å². The van der Waals surface area contributed by atoms with E-state index in [9.17, 15) is 8.42 Å². The Labute approximate surface area is 124 Å². The van der Waals surface area contributed by atoms with Crippen molar-refractivity contribution >= 4 is 10.0 Å². The lowest BCUT2D eigenvalue weighted by Crippen LogP contribution is -2.48. The summed E-state index contributed by atoms with van der Waals surface area (Å²) in [4.78, 5) is 8.73. The molecule has 1 aliphatic heterocycles. The van der Waals surface area contributed by atoms with Gasteiger partial charge in [0, 0.05) is 32.7 Å². The van der Waals surface area contributed by atoms with Crippen LogP contribution in [0.25, 0.3) is 0 Å². The van der Waals surface area contributed by atoms with E-state index < -0.39 is 10.0 Å². The first-order chi connectivity index (χ1) is 10.2. The van der Waals surface area contributed by atoms with E-state index in [1.165, 1.54) is 22.4 Å². The predicted octanol–water partition coefficient (Wildman–Crippen LogP) is 0.916. The van der Waals surface area contributed by atoms with Gasteiger partial charge in [-0.3, -0.25) is 4.90 Å². The van der Waals surface area contributed by atoms with E-state index in [0.29, 0.717) is 13.1 Å². The number of rotatable bonds is 4. The van der Waals surface area contributed by atoms with Crippen LogP contribution in [0.2, 0.25) is 0 Å². The van der Waals surface area contributed by atoms with Crippen molar-refractivity contribution in [2.75, 3.05) is 26.2 Å². The van der Waals surface area contributed by atoms with Crippen molar-refractivity contribution in [3.8, 4) is 0 Å². The molecule has 2 aromatic rings. The number of nitrogens with one attached hydrogen (secondary N) is 1. The fourth-order valence-electron chi connectivity index (χ4n) is 2.49. The molecule has 6 nitrogen and oxygen atoms in total. The van der Waals surface area contributed by atoms with E-state index in [2.05, 4.69) is 27.0 Å². The molecule has 0 aliphatic carbocycles. The van der Waals surface area contributed by atoms with E-state index in [4.69, 9.17) is 0 Å². The standard InChI is InChI=1S/C14H18N4O2S/c19-21(20,14-10-15-12-16-14)18-8-6-17(7-9-18)11-13-4-2-1-3-5-13/h1-5,10,12H,6-9,11H2,(H,15,16). The summed E-state index contributed by atoms with van der Waals surface area (Å²) in [6.45, 7) is 3.35. The van der Waals surface area contributed by atoms with E-state index >= 15 is 0 Å². The summed E-state index contributed by atoms with van der Waals surface area (Å²) in [5.74, 6) is 0. The van der Waals surface area contributed by atoms with Gasteiger partial charge in [0.25, 0.3) is 10.0 Å². The Hall–Kier alpha value is -1.70. The van der Waals surface area contributed by atoms with Gasteiger partial charge in [0.2, 0.25) is 0 Å². The molecule has 0 saturated carbocycles.